The number of aromatic amines is 2. The van der Waals surface area contributed by atoms with Crippen LogP contribution in [-0.2, 0) is 13.0 Å². The molecule has 0 spiro atoms. The number of nitrogens with one attached hydrogen (secondary N) is 2. The Hall–Kier alpha value is -1.73. The minimum atomic E-state index is -0.103. The monoisotopic (exact) mass is 305 g/mol. The number of fused-ring (bicyclic) bond motifs is 1. The van der Waals surface area contributed by atoms with Crippen LogP contribution in [0, 0.1) is 4.77 Å². The van der Waals surface area contributed by atoms with E-state index in [9.17, 15) is 4.79 Å². The Bertz CT molecular complexity index is 785. The standard InChI is InChI=1S/C14H19N5OS/c1-8(2)19-12(16-17-14(19)21)10-6-9-7-18(3)5-4-11(9)15-13(10)20/h6,8H,4-5,7H2,1-3H3,(H,15,20)(H,17,21). The smallest absolute Gasteiger partial charge is 0.259 e. The van der Waals surface area contributed by atoms with Crippen LogP contribution >= 0.6 is 12.2 Å². The largest absolute Gasteiger partial charge is 0.325 e. The average Bonchev–Trinajstić information content (AvgIpc) is 2.80. The summed E-state index contributed by atoms with van der Waals surface area (Å²) in [6.07, 6.45) is 0.873. The molecule has 1 aliphatic heterocycles. The maximum atomic E-state index is 12.4. The second kappa shape index (κ2) is 5.23. The molecule has 0 aliphatic carbocycles. The number of likely N-dealkylation sites (N-methyl/N-ethyl adjacent to an activating group) is 1. The quantitative estimate of drug-likeness (QED) is 0.831. The van der Waals surface area contributed by atoms with Gasteiger partial charge in [-0.1, -0.05) is 0 Å². The molecule has 6 nitrogen and oxygen atoms in total. The zero-order chi connectivity index (χ0) is 15.1. The van der Waals surface area contributed by atoms with Crippen LogP contribution in [0.1, 0.15) is 31.1 Å². The highest BCUT2D eigenvalue weighted by Gasteiger charge is 2.20. The highest BCUT2D eigenvalue weighted by molar-refractivity contribution is 7.71. The predicted molar refractivity (Wildman–Crippen MR) is 83.9 cm³/mol. The third kappa shape index (κ3) is 2.47. The second-order valence-electron chi connectivity index (χ2n) is 5.82. The van der Waals surface area contributed by atoms with Gasteiger partial charge in [0.15, 0.2) is 10.6 Å². The zero-order valence-electron chi connectivity index (χ0n) is 12.4. The van der Waals surface area contributed by atoms with Crippen LogP contribution in [-0.4, -0.2) is 38.2 Å². The topological polar surface area (TPSA) is 69.7 Å². The Morgan fingerprint density at radius 1 is 1.43 bits per heavy atom. The van der Waals surface area contributed by atoms with E-state index >= 15 is 0 Å². The SMILES string of the molecule is CC(C)n1c(-c2cc3c([nH]c2=O)CCN(C)C3)n[nH]c1=S. The predicted octanol–water partition coefficient (Wildman–Crippen LogP) is 1.86. The summed E-state index contributed by atoms with van der Waals surface area (Å²) >= 11 is 5.26. The Morgan fingerprint density at radius 2 is 2.19 bits per heavy atom. The molecule has 0 fully saturated rings. The lowest BCUT2D eigenvalue weighted by Gasteiger charge is -2.24. The summed E-state index contributed by atoms with van der Waals surface area (Å²) in [6.45, 7) is 5.85. The van der Waals surface area contributed by atoms with E-state index in [1.807, 2.05) is 24.5 Å². The number of aromatic nitrogens is 4. The molecule has 0 saturated carbocycles. The Morgan fingerprint density at radius 3 is 2.90 bits per heavy atom. The fourth-order valence-electron chi connectivity index (χ4n) is 2.79. The van der Waals surface area contributed by atoms with Crippen molar-refractivity contribution in [2.24, 2.45) is 0 Å². The van der Waals surface area contributed by atoms with Crippen molar-refractivity contribution < 1.29 is 0 Å². The first kappa shape index (κ1) is 14.2. The molecule has 112 valence electrons. The van der Waals surface area contributed by atoms with Gasteiger partial charge in [0.2, 0.25) is 0 Å². The van der Waals surface area contributed by atoms with Crippen molar-refractivity contribution in [3.05, 3.63) is 32.4 Å². The molecule has 2 aromatic heterocycles. The van der Waals surface area contributed by atoms with E-state index in [1.165, 1.54) is 0 Å². The van der Waals surface area contributed by atoms with Gasteiger partial charge in [-0.25, -0.2) is 0 Å². The number of hydrogen-bond acceptors (Lipinski definition) is 4. The van der Waals surface area contributed by atoms with Crippen LogP contribution in [0.5, 0.6) is 0 Å². The highest BCUT2D eigenvalue weighted by Crippen LogP contribution is 2.22. The van der Waals surface area contributed by atoms with E-state index in [0.717, 1.165) is 30.8 Å². The van der Waals surface area contributed by atoms with Crippen LogP contribution < -0.4 is 5.56 Å². The summed E-state index contributed by atoms with van der Waals surface area (Å²) in [7, 11) is 2.08. The fourth-order valence-corrected chi connectivity index (χ4v) is 3.13. The Labute approximate surface area is 127 Å². The van der Waals surface area contributed by atoms with E-state index in [2.05, 4.69) is 27.1 Å². The summed E-state index contributed by atoms with van der Waals surface area (Å²) < 4.78 is 2.41. The first-order valence-corrected chi connectivity index (χ1v) is 7.49. The fraction of sp³-hybridized carbons (Fsp3) is 0.500. The summed E-state index contributed by atoms with van der Waals surface area (Å²) in [4.78, 5) is 17.6. The first-order chi connectivity index (χ1) is 9.97. The molecule has 21 heavy (non-hydrogen) atoms. The third-order valence-corrected chi connectivity index (χ3v) is 4.15. The summed E-state index contributed by atoms with van der Waals surface area (Å²) in [5.74, 6) is 0.604. The number of nitrogens with zero attached hydrogens (tertiary/aromatic N) is 3. The molecule has 0 unspecified atom stereocenters. The van der Waals surface area contributed by atoms with Crippen LogP contribution in [0.3, 0.4) is 0 Å². The van der Waals surface area contributed by atoms with E-state index in [1.54, 1.807) is 0 Å². The van der Waals surface area contributed by atoms with E-state index in [4.69, 9.17) is 12.2 Å². The summed E-state index contributed by atoms with van der Waals surface area (Å²) in [5, 5.41) is 7.03. The molecule has 7 heteroatoms. The molecule has 3 rings (SSSR count). The maximum absolute atomic E-state index is 12.4. The molecule has 1 aliphatic rings. The van der Waals surface area contributed by atoms with Crippen LogP contribution in [0.4, 0.5) is 0 Å². The Balaban J connectivity index is 2.18. The lowest BCUT2D eigenvalue weighted by atomic mass is 10.0. The van der Waals surface area contributed by atoms with Crippen molar-refractivity contribution in [2.75, 3.05) is 13.6 Å². The molecule has 2 aromatic rings. The lowest BCUT2D eigenvalue weighted by Crippen LogP contribution is -2.29. The van der Waals surface area contributed by atoms with Gasteiger partial charge < -0.3 is 9.88 Å². The van der Waals surface area contributed by atoms with Gasteiger partial charge in [0.05, 0.1) is 5.56 Å². The number of hydrogen-bond donors (Lipinski definition) is 2. The van der Waals surface area contributed by atoms with Crippen LogP contribution in [0.25, 0.3) is 11.4 Å². The third-order valence-electron chi connectivity index (χ3n) is 3.86. The number of rotatable bonds is 2. The van der Waals surface area contributed by atoms with E-state index in [0.29, 0.717) is 16.2 Å². The second-order valence-corrected chi connectivity index (χ2v) is 6.21. The highest BCUT2D eigenvalue weighted by atomic mass is 32.1. The molecule has 3 heterocycles. The number of pyridine rings is 1. The van der Waals surface area contributed by atoms with Gasteiger partial charge in [-0.2, -0.15) is 5.10 Å². The molecule has 0 saturated heterocycles. The molecule has 0 bridgehead atoms. The van der Waals surface area contributed by atoms with Gasteiger partial charge >= 0.3 is 0 Å². The van der Waals surface area contributed by atoms with Gasteiger partial charge in [0.25, 0.3) is 5.56 Å². The van der Waals surface area contributed by atoms with Gasteiger partial charge in [-0.3, -0.25) is 14.5 Å². The minimum absolute atomic E-state index is 0.103. The van der Waals surface area contributed by atoms with E-state index in [-0.39, 0.29) is 11.6 Å². The molecular formula is C14H19N5OS. The molecular weight excluding hydrogens is 286 g/mol. The van der Waals surface area contributed by atoms with Crippen LogP contribution in [0.2, 0.25) is 0 Å². The molecule has 0 atom stereocenters. The van der Waals surface area contributed by atoms with Crippen molar-refractivity contribution in [1.29, 1.82) is 0 Å². The average molecular weight is 305 g/mol. The molecule has 0 radical (unpaired) electrons. The molecule has 2 N–H and O–H groups in total. The minimum Gasteiger partial charge on any atom is -0.325 e. The van der Waals surface area contributed by atoms with Crippen molar-refractivity contribution >= 4 is 12.2 Å². The van der Waals surface area contributed by atoms with Crippen molar-refractivity contribution in [3.63, 3.8) is 0 Å². The maximum Gasteiger partial charge on any atom is 0.259 e. The van der Waals surface area contributed by atoms with Gasteiger partial charge in [-0.15, -0.1) is 0 Å². The van der Waals surface area contributed by atoms with Crippen molar-refractivity contribution in [2.45, 2.75) is 32.9 Å². The zero-order valence-corrected chi connectivity index (χ0v) is 13.3. The molecule has 0 amide bonds. The van der Waals surface area contributed by atoms with E-state index < -0.39 is 0 Å². The normalized spacial score (nSPS) is 15.4. The summed E-state index contributed by atoms with van der Waals surface area (Å²) in [6, 6.07) is 2.09. The van der Waals surface area contributed by atoms with Crippen LogP contribution in [0.15, 0.2) is 10.9 Å². The van der Waals surface area contributed by atoms with Gasteiger partial charge in [0, 0.05) is 31.2 Å². The van der Waals surface area contributed by atoms with Gasteiger partial charge in [0.1, 0.15) is 0 Å². The summed E-state index contributed by atoms with van der Waals surface area (Å²) in [5.41, 5.74) is 2.66. The number of H-pyrrole nitrogens is 2. The Kier molecular flexibility index (Phi) is 3.54. The van der Waals surface area contributed by atoms with Gasteiger partial charge in [-0.05, 0) is 44.7 Å². The molecule has 0 aromatic carbocycles. The van der Waals surface area contributed by atoms with Crippen molar-refractivity contribution in [3.8, 4) is 11.4 Å². The lowest BCUT2D eigenvalue weighted by molar-refractivity contribution is 0.309. The first-order valence-electron chi connectivity index (χ1n) is 7.08. The van der Waals surface area contributed by atoms with Crippen molar-refractivity contribution in [1.82, 2.24) is 24.6 Å².